The molecule has 0 rings (SSSR count). The number of nitrogens with two attached hydrogens (primary N) is 1. The van der Waals surface area contributed by atoms with Gasteiger partial charge in [-0.05, 0) is 19.3 Å². The van der Waals surface area contributed by atoms with Gasteiger partial charge in [0.2, 0.25) is 5.91 Å². The zero-order valence-electron chi connectivity index (χ0n) is 7.84. The summed E-state index contributed by atoms with van der Waals surface area (Å²) in [5.74, 6) is 3.57. The molecule has 0 aliphatic rings. The minimum atomic E-state index is -1.04. The van der Waals surface area contributed by atoms with Crippen LogP contribution in [-0.4, -0.2) is 11.9 Å². The molecule has 0 saturated heterocycles. The Hall–Kier alpha value is 0.536. The Morgan fingerprint density at radius 3 is 2.15 bits per heavy atom. The van der Waals surface area contributed by atoms with Gasteiger partial charge in [0.05, 0.1) is 0 Å². The summed E-state index contributed by atoms with van der Waals surface area (Å²) in [6.45, 7) is 0. The van der Waals surface area contributed by atoms with Gasteiger partial charge in [0.1, 0.15) is 0 Å². The van der Waals surface area contributed by atoms with Crippen LogP contribution in [0.3, 0.4) is 0 Å². The number of hydrazine groups is 1. The van der Waals surface area contributed by atoms with E-state index in [9.17, 15) is 14.7 Å². The molecule has 0 saturated carbocycles. The number of aliphatic carboxylic acids is 1. The van der Waals surface area contributed by atoms with Gasteiger partial charge in [-0.25, -0.2) is 5.84 Å². The fourth-order valence-corrected chi connectivity index (χ4v) is 0.804. The average molecular weight is 212 g/mol. The van der Waals surface area contributed by atoms with Crippen molar-refractivity contribution < 1.29 is 66.1 Å². The summed E-state index contributed by atoms with van der Waals surface area (Å²) < 4.78 is 0. The molecule has 70 valence electrons. The first-order valence-corrected chi connectivity index (χ1v) is 3.86. The Morgan fingerprint density at radius 2 is 1.69 bits per heavy atom. The minimum Gasteiger partial charge on any atom is -0.550 e. The Labute approximate surface area is 120 Å². The molecule has 0 unspecified atom stereocenters. The average Bonchev–Trinajstić information content (AvgIpc) is 2.03. The zero-order valence-corrected chi connectivity index (χ0v) is 11.0. The fourth-order valence-electron chi connectivity index (χ4n) is 0.804. The predicted molar refractivity (Wildman–Crippen MR) is 40.4 cm³/mol. The Kier molecular flexibility index (Phi) is 13.1. The van der Waals surface area contributed by atoms with Gasteiger partial charge in [-0.1, -0.05) is 6.42 Å². The molecule has 6 heteroatoms. The van der Waals surface area contributed by atoms with Crippen LogP contribution in [0.25, 0.3) is 0 Å². The number of carboxylic acid groups (broad SMARTS) is 1. The maximum Gasteiger partial charge on any atom is 1.00 e. The molecule has 1 amide bonds. The number of hydrogen-bond donors (Lipinski definition) is 2. The van der Waals surface area contributed by atoms with Crippen molar-refractivity contribution >= 4 is 11.9 Å². The van der Waals surface area contributed by atoms with Gasteiger partial charge in [0, 0.05) is 12.4 Å². The summed E-state index contributed by atoms with van der Waals surface area (Å²) in [5, 5.41) is 9.94. The van der Waals surface area contributed by atoms with E-state index in [2.05, 4.69) is 0 Å². The zero-order chi connectivity index (χ0) is 9.40. The van der Waals surface area contributed by atoms with Gasteiger partial charge in [-0.2, -0.15) is 0 Å². The van der Waals surface area contributed by atoms with Crippen molar-refractivity contribution in [2.24, 2.45) is 5.84 Å². The van der Waals surface area contributed by atoms with E-state index in [1.807, 2.05) is 5.43 Å². The van der Waals surface area contributed by atoms with E-state index in [4.69, 9.17) is 5.84 Å². The van der Waals surface area contributed by atoms with Gasteiger partial charge < -0.3 is 9.90 Å². The number of carbonyl (C=O) groups is 2. The largest absolute Gasteiger partial charge is 1.00 e. The van der Waals surface area contributed by atoms with Crippen molar-refractivity contribution in [1.29, 1.82) is 0 Å². The number of unbranched alkanes of at least 4 members (excludes halogenated alkanes) is 2. The van der Waals surface area contributed by atoms with E-state index < -0.39 is 5.97 Å². The van der Waals surface area contributed by atoms with Crippen molar-refractivity contribution in [2.75, 3.05) is 0 Å². The molecule has 0 aromatic rings. The van der Waals surface area contributed by atoms with Crippen LogP contribution in [0.1, 0.15) is 32.1 Å². The van der Waals surface area contributed by atoms with E-state index in [0.717, 1.165) is 0 Å². The van der Waals surface area contributed by atoms with Crippen LogP contribution < -0.4 is 67.8 Å². The number of carbonyl (C=O) groups excluding carboxylic acids is 2. The molecular formula is C7H13KN2O3. The fraction of sp³-hybridized carbons (Fsp3) is 0.714. The Balaban J connectivity index is 0. The monoisotopic (exact) mass is 212 g/mol. The van der Waals surface area contributed by atoms with Crippen LogP contribution in [0.5, 0.6) is 0 Å². The van der Waals surface area contributed by atoms with E-state index in [1.54, 1.807) is 0 Å². The first-order chi connectivity index (χ1) is 5.66. The molecule has 0 aliphatic heterocycles. The SMILES string of the molecule is NNC(=O)CCCCCC(=O)[O-].[K+]. The molecule has 3 N–H and O–H groups in total. The Morgan fingerprint density at radius 1 is 1.15 bits per heavy atom. The summed E-state index contributed by atoms with van der Waals surface area (Å²) in [4.78, 5) is 20.5. The summed E-state index contributed by atoms with van der Waals surface area (Å²) >= 11 is 0. The molecule has 5 nitrogen and oxygen atoms in total. The maximum atomic E-state index is 10.5. The maximum absolute atomic E-state index is 10.5. The molecule has 0 atom stereocenters. The Bertz CT molecular complexity index is 164. The van der Waals surface area contributed by atoms with Crippen LogP contribution in [0.2, 0.25) is 0 Å². The van der Waals surface area contributed by atoms with Crippen molar-refractivity contribution in [3.05, 3.63) is 0 Å². The van der Waals surface area contributed by atoms with E-state index in [-0.39, 0.29) is 63.7 Å². The third-order valence-electron chi connectivity index (χ3n) is 1.45. The van der Waals surface area contributed by atoms with Gasteiger partial charge in [0.25, 0.3) is 0 Å². The standard InChI is InChI=1S/C7H14N2O3.K/c8-9-6(10)4-2-1-3-5-7(11)12;/h1-5,8H2,(H,9,10)(H,11,12);/q;+1/p-1. The second kappa shape index (κ2) is 10.6. The first-order valence-electron chi connectivity index (χ1n) is 3.86. The third-order valence-corrected chi connectivity index (χ3v) is 1.45. The van der Waals surface area contributed by atoms with E-state index in [1.165, 1.54) is 0 Å². The molecule has 0 spiro atoms. The number of rotatable bonds is 6. The smallest absolute Gasteiger partial charge is 0.550 e. The third kappa shape index (κ3) is 12.5. The summed E-state index contributed by atoms with van der Waals surface area (Å²) in [5.41, 5.74) is 2.00. The summed E-state index contributed by atoms with van der Waals surface area (Å²) in [6.07, 6.45) is 2.34. The van der Waals surface area contributed by atoms with Crippen molar-refractivity contribution in [3.63, 3.8) is 0 Å². The molecule has 0 bridgehead atoms. The molecule has 0 aromatic carbocycles. The van der Waals surface area contributed by atoms with Crippen LogP contribution >= 0.6 is 0 Å². The van der Waals surface area contributed by atoms with E-state index in [0.29, 0.717) is 25.7 Å². The second-order valence-electron chi connectivity index (χ2n) is 2.50. The molecule has 13 heavy (non-hydrogen) atoms. The molecule has 0 fully saturated rings. The summed E-state index contributed by atoms with van der Waals surface area (Å²) in [7, 11) is 0. The quantitative estimate of drug-likeness (QED) is 0.153. The van der Waals surface area contributed by atoms with Crippen molar-refractivity contribution in [2.45, 2.75) is 32.1 Å². The van der Waals surface area contributed by atoms with Gasteiger partial charge in [-0.3, -0.25) is 10.2 Å². The molecule has 0 aromatic heterocycles. The molecule has 0 aliphatic carbocycles. The van der Waals surface area contributed by atoms with Crippen molar-refractivity contribution in [1.82, 2.24) is 5.43 Å². The van der Waals surface area contributed by atoms with Crippen LogP contribution in [-0.2, 0) is 9.59 Å². The molecule has 0 radical (unpaired) electrons. The minimum absolute atomic E-state index is 0. The van der Waals surface area contributed by atoms with Crippen LogP contribution in [0, 0.1) is 0 Å². The molecular weight excluding hydrogens is 199 g/mol. The van der Waals surface area contributed by atoms with E-state index >= 15 is 0 Å². The number of nitrogens with one attached hydrogen (secondary N) is 1. The van der Waals surface area contributed by atoms with Gasteiger partial charge >= 0.3 is 51.4 Å². The predicted octanol–water partition coefficient (Wildman–Crippen LogP) is -4.32. The van der Waals surface area contributed by atoms with Gasteiger partial charge in [-0.15, -0.1) is 0 Å². The van der Waals surface area contributed by atoms with Gasteiger partial charge in [0.15, 0.2) is 0 Å². The molecule has 0 heterocycles. The first kappa shape index (κ1) is 16.0. The van der Waals surface area contributed by atoms with Crippen molar-refractivity contribution in [3.8, 4) is 0 Å². The summed E-state index contributed by atoms with van der Waals surface area (Å²) in [6, 6.07) is 0. The number of hydrogen-bond acceptors (Lipinski definition) is 4. The number of amides is 1. The second-order valence-corrected chi connectivity index (χ2v) is 2.50. The normalized spacial score (nSPS) is 8.69. The topological polar surface area (TPSA) is 95.2 Å². The number of carboxylic acids is 1. The van der Waals surface area contributed by atoms with Crippen LogP contribution in [0.15, 0.2) is 0 Å². The van der Waals surface area contributed by atoms with Crippen LogP contribution in [0.4, 0.5) is 0 Å².